The summed E-state index contributed by atoms with van der Waals surface area (Å²) < 4.78 is 42.4. The molecule has 6 heteroatoms. The van der Waals surface area contributed by atoms with Gasteiger partial charge in [0.15, 0.2) is 0 Å². The predicted octanol–water partition coefficient (Wildman–Crippen LogP) is 5.73. The molecule has 3 aromatic carbocycles. The van der Waals surface area contributed by atoms with Crippen LogP contribution < -0.4 is 4.72 Å². The number of fused-ring (bicyclic) bond motifs is 1. The monoisotopic (exact) mass is 457 g/mol. The molecule has 3 aromatic rings. The highest BCUT2D eigenvalue weighted by Gasteiger charge is 2.31. The molecule has 0 amide bonds. The predicted molar refractivity (Wildman–Crippen MR) is 129 cm³/mol. The van der Waals surface area contributed by atoms with Crippen molar-refractivity contribution in [2.75, 3.05) is 0 Å². The average Bonchev–Trinajstić information content (AvgIpc) is 2.70. The van der Waals surface area contributed by atoms with Crippen molar-refractivity contribution >= 4 is 31.6 Å². The molecule has 2 atom stereocenters. The Bertz CT molecular complexity index is 1210. The number of sulfonamides is 1. The fourth-order valence-corrected chi connectivity index (χ4v) is 6.30. The summed E-state index contributed by atoms with van der Waals surface area (Å²) in [7, 11) is -5.08. The van der Waals surface area contributed by atoms with Gasteiger partial charge in [0.1, 0.15) is 0 Å². The summed E-state index contributed by atoms with van der Waals surface area (Å²) in [6, 6.07) is 18.0. The van der Waals surface area contributed by atoms with Crippen LogP contribution in [0.5, 0.6) is 0 Å². The second kappa shape index (κ2) is 8.85. The molecule has 0 fully saturated rings. The summed E-state index contributed by atoms with van der Waals surface area (Å²) in [6.45, 7) is 11.7. The van der Waals surface area contributed by atoms with E-state index in [4.69, 9.17) is 0 Å². The van der Waals surface area contributed by atoms with Crippen molar-refractivity contribution in [1.82, 2.24) is 4.72 Å². The molecule has 0 spiro atoms. The summed E-state index contributed by atoms with van der Waals surface area (Å²) in [5.41, 5.74) is 1.76. The molecular formula is C25H31NO3S2. The van der Waals surface area contributed by atoms with E-state index in [9.17, 15) is 12.6 Å². The molecule has 1 N–H and O–H groups in total. The quantitative estimate of drug-likeness (QED) is 0.514. The fraction of sp³-hybridized carbons (Fsp3) is 0.360. The molecule has 166 valence electrons. The highest BCUT2D eigenvalue weighted by molar-refractivity contribution is 7.89. The van der Waals surface area contributed by atoms with E-state index < -0.39 is 31.6 Å². The molecule has 31 heavy (non-hydrogen) atoms. The van der Waals surface area contributed by atoms with Gasteiger partial charge in [-0.05, 0) is 62.1 Å². The lowest BCUT2D eigenvalue weighted by atomic mass is 9.94. The van der Waals surface area contributed by atoms with Crippen LogP contribution in [0.25, 0.3) is 10.8 Å². The van der Waals surface area contributed by atoms with Crippen molar-refractivity contribution in [2.24, 2.45) is 5.92 Å². The Kier molecular flexibility index (Phi) is 6.75. The minimum atomic E-state index is -3.75. The second-order valence-corrected chi connectivity index (χ2v) is 13.1. The maximum Gasteiger partial charge on any atom is 0.241 e. The standard InChI is InChI=1S/C25H31NO3S2/c1-17(2)23(26-31(28,29)20-14-11-18(3)12-15-20)22-16-13-19-9-7-8-10-21(19)24(22)30(27)25(4,5)6/h7-17,23,26H,1-6H3/t23-,30?/m0/s1. The van der Waals surface area contributed by atoms with Gasteiger partial charge in [0.05, 0.1) is 26.6 Å². The Labute approximate surface area is 188 Å². The SMILES string of the molecule is Cc1ccc(S(=O)(=O)N[C@H](c2ccc3ccccc3c2S(=O)C(C)(C)C)C(C)C)cc1. The van der Waals surface area contributed by atoms with Gasteiger partial charge in [-0.25, -0.2) is 13.1 Å². The Hall–Kier alpha value is -2.02. The van der Waals surface area contributed by atoms with Crippen molar-refractivity contribution < 1.29 is 12.6 Å². The van der Waals surface area contributed by atoms with Gasteiger partial charge in [0.25, 0.3) is 0 Å². The van der Waals surface area contributed by atoms with Crippen LogP contribution in [0.15, 0.2) is 70.5 Å². The molecule has 0 aliphatic rings. The summed E-state index contributed by atoms with van der Waals surface area (Å²) in [6.07, 6.45) is 0. The topological polar surface area (TPSA) is 63.2 Å². The van der Waals surface area contributed by atoms with Crippen molar-refractivity contribution in [2.45, 2.75) is 62.1 Å². The minimum absolute atomic E-state index is 0.0443. The van der Waals surface area contributed by atoms with Crippen LogP contribution in [0.3, 0.4) is 0 Å². The third kappa shape index (κ3) is 5.08. The van der Waals surface area contributed by atoms with Crippen molar-refractivity contribution in [1.29, 1.82) is 0 Å². The first-order chi connectivity index (χ1) is 14.4. The molecule has 0 aliphatic heterocycles. The van der Waals surface area contributed by atoms with Crippen LogP contribution in [0, 0.1) is 12.8 Å². The molecule has 0 radical (unpaired) electrons. The lowest BCUT2D eigenvalue weighted by Gasteiger charge is -2.28. The summed E-state index contributed by atoms with van der Waals surface area (Å²) in [5.74, 6) is -0.0443. The average molecular weight is 458 g/mol. The van der Waals surface area contributed by atoms with Gasteiger partial charge in [-0.15, -0.1) is 0 Å². The highest BCUT2D eigenvalue weighted by Crippen LogP contribution is 2.36. The van der Waals surface area contributed by atoms with Gasteiger partial charge in [-0.3, -0.25) is 4.21 Å². The molecule has 3 rings (SSSR count). The van der Waals surface area contributed by atoms with Crippen LogP contribution in [-0.4, -0.2) is 17.4 Å². The van der Waals surface area contributed by atoms with E-state index in [1.54, 1.807) is 24.3 Å². The van der Waals surface area contributed by atoms with Gasteiger partial charge in [0.2, 0.25) is 10.0 Å². The Morgan fingerprint density at radius 3 is 2.10 bits per heavy atom. The summed E-state index contributed by atoms with van der Waals surface area (Å²) in [4.78, 5) is 0.930. The smallest absolute Gasteiger partial charge is 0.241 e. The number of nitrogens with one attached hydrogen (secondary N) is 1. The lowest BCUT2D eigenvalue weighted by Crippen LogP contribution is -2.33. The van der Waals surface area contributed by atoms with E-state index in [-0.39, 0.29) is 10.8 Å². The summed E-state index contributed by atoms with van der Waals surface area (Å²) >= 11 is 0. The molecule has 0 aromatic heterocycles. The Morgan fingerprint density at radius 2 is 1.52 bits per heavy atom. The molecule has 0 saturated heterocycles. The van der Waals surface area contributed by atoms with Gasteiger partial charge in [-0.1, -0.05) is 67.9 Å². The van der Waals surface area contributed by atoms with Crippen LogP contribution in [0.1, 0.15) is 51.8 Å². The Balaban J connectivity index is 2.18. The third-order valence-electron chi connectivity index (χ3n) is 5.27. The fourth-order valence-electron chi connectivity index (χ4n) is 3.53. The zero-order chi connectivity index (χ0) is 23.0. The largest absolute Gasteiger partial charge is 0.254 e. The number of aryl methyl sites for hydroxylation is 1. The molecule has 0 heterocycles. The van der Waals surface area contributed by atoms with Gasteiger partial charge in [-0.2, -0.15) is 0 Å². The first-order valence-corrected chi connectivity index (χ1v) is 13.1. The van der Waals surface area contributed by atoms with E-state index in [2.05, 4.69) is 4.72 Å². The van der Waals surface area contributed by atoms with E-state index in [1.165, 1.54) is 0 Å². The number of rotatable bonds is 6. The third-order valence-corrected chi connectivity index (χ3v) is 8.66. The van der Waals surface area contributed by atoms with Gasteiger partial charge >= 0.3 is 0 Å². The van der Waals surface area contributed by atoms with Gasteiger partial charge < -0.3 is 0 Å². The second-order valence-electron chi connectivity index (χ2n) is 9.24. The van der Waals surface area contributed by atoms with Crippen molar-refractivity contribution in [3.8, 4) is 0 Å². The molecule has 0 aliphatic carbocycles. The molecular weight excluding hydrogens is 426 g/mol. The maximum absolute atomic E-state index is 13.6. The maximum atomic E-state index is 13.6. The zero-order valence-corrected chi connectivity index (χ0v) is 20.6. The van der Waals surface area contributed by atoms with Crippen molar-refractivity contribution in [3.63, 3.8) is 0 Å². The van der Waals surface area contributed by atoms with Crippen LogP contribution in [-0.2, 0) is 20.8 Å². The van der Waals surface area contributed by atoms with Crippen LogP contribution in [0.4, 0.5) is 0 Å². The molecule has 4 nitrogen and oxygen atoms in total. The molecule has 0 saturated carbocycles. The zero-order valence-electron chi connectivity index (χ0n) is 19.0. The highest BCUT2D eigenvalue weighted by atomic mass is 32.2. The van der Waals surface area contributed by atoms with E-state index in [1.807, 2.05) is 77.9 Å². The van der Waals surface area contributed by atoms with Crippen LogP contribution >= 0.6 is 0 Å². The Morgan fingerprint density at radius 1 is 0.903 bits per heavy atom. The molecule has 1 unspecified atom stereocenters. The number of hydrogen-bond donors (Lipinski definition) is 1. The minimum Gasteiger partial charge on any atom is -0.254 e. The number of hydrogen-bond acceptors (Lipinski definition) is 3. The van der Waals surface area contributed by atoms with E-state index in [0.29, 0.717) is 4.90 Å². The van der Waals surface area contributed by atoms with Gasteiger partial charge in [0, 0.05) is 4.75 Å². The first kappa shape index (κ1) is 23.6. The first-order valence-electron chi connectivity index (χ1n) is 10.4. The van der Waals surface area contributed by atoms with Crippen molar-refractivity contribution in [3.05, 3.63) is 71.8 Å². The normalized spacial score (nSPS) is 14.7. The lowest BCUT2D eigenvalue weighted by molar-refractivity contribution is 0.458. The summed E-state index contributed by atoms with van der Waals surface area (Å²) in [5, 5.41) is 1.89. The van der Waals surface area contributed by atoms with E-state index in [0.717, 1.165) is 21.9 Å². The molecule has 0 bridgehead atoms. The van der Waals surface area contributed by atoms with E-state index >= 15 is 0 Å². The number of benzene rings is 3. The van der Waals surface area contributed by atoms with Crippen LogP contribution in [0.2, 0.25) is 0 Å².